The van der Waals surface area contributed by atoms with Gasteiger partial charge in [0.2, 0.25) is 11.8 Å². The quantitative estimate of drug-likeness (QED) is 0.749. The van der Waals surface area contributed by atoms with E-state index in [1.807, 2.05) is 35.8 Å². The number of hydrogen-bond donors (Lipinski definition) is 1. The van der Waals surface area contributed by atoms with Crippen molar-refractivity contribution in [2.24, 2.45) is 11.8 Å². The molecule has 4 rings (SSSR count). The normalized spacial score (nSPS) is 19.3. The van der Waals surface area contributed by atoms with E-state index in [4.69, 9.17) is 4.74 Å². The van der Waals surface area contributed by atoms with Gasteiger partial charge in [0.25, 0.3) is 0 Å². The van der Waals surface area contributed by atoms with Crippen LogP contribution in [-0.2, 0) is 4.79 Å². The molecule has 0 aliphatic carbocycles. The number of piperidine rings is 1. The van der Waals surface area contributed by atoms with Gasteiger partial charge in [-0.1, -0.05) is 17.7 Å². The molecule has 0 saturated carbocycles. The molecule has 8 nitrogen and oxygen atoms in total. The number of likely N-dealkylation sites (tertiary alicyclic amines) is 2. The first-order valence-corrected chi connectivity index (χ1v) is 11.3. The minimum Gasteiger partial charge on any atom is -0.476 e. The third kappa shape index (κ3) is 5.55. The average Bonchev–Trinajstić information content (AvgIpc) is 3.14. The SMILES string of the molecule is Cc1ccc(NC(=O)N2CCC(CN3CC(COc4cnccn4)CC3=O)CC2)c(C)c1. The van der Waals surface area contributed by atoms with Crippen LogP contribution in [0.1, 0.15) is 30.4 Å². The first-order valence-electron chi connectivity index (χ1n) is 11.3. The maximum atomic E-state index is 12.7. The van der Waals surface area contributed by atoms with Crippen molar-refractivity contribution in [3.63, 3.8) is 0 Å². The number of ether oxygens (including phenoxy) is 1. The second kappa shape index (κ2) is 9.97. The fourth-order valence-electron chi connectivity index (χ4n) is 4.48. The Balaban J connectivity index is 1.20. The summed E-state index contributed by atoms with van der Waals surface area (Å²) in [6.07, 6.45) is 7.11. The van der Waals surface area contributed by atoms with Crippen molar-refractivity contribution < 1.29 is 14.3 Å². The topological polar surface area (TPSA) is 87.7 Å². The lowest BCUT2D eigenvalue weighted by molar-refractivity contribution is -0.128. The highest BCUT2D eigenvalue weighted by Crippen LogP contribution is 2.25. The molecular weight excluding hydrogens is 406 g/mol. The molecule has 1 aromatic carbocycles. The van der Waals surface area contributed by atoms with E-state index in [1.165, 1.54) is 5.56 Å². The first kappa shape index (κ1) is 22.0. The molecule has 0 spiro atoms. The van der Waals surface area contributed by atoms with E-state index >= 15 is 0 Å². The minimum absolute atomic E-state index is 0.0473. The Morgan fingerprint density at radius 2 is 2.00 bits per heavy atom. The van der Waals surface area contributed by atoms with Crippen molar-refractivity contribution in [2.45, 2.75) is 33.1 Å². The Hall–Kier alpha value is -3.16. The molecule has 1 unspecified atom stereocenters. The van der Waals surface area contributed by atoms with Crippen LogP contribution >= 0.6 is 0 Å². The standard InChI is InChI=1S/C24H31N5O3/c1-17-3-4-21(18(2)11-17)27-24(31)28-9-5-19(6-10-28)14-29-15-20(12-23(29)30)16-32-22-13-25-7-8-26-22/h3-4,7-8,11,13,19-20H,5-6,9-10,12,14-16H2,1-2H3,(H,27,31). The van der Waals surface area contributed by atoms with Crippen LogP contribution in [0.3, 0.4) is 0 Å². The summed E-state index contributed by atoms with van der Waals surface area (Å²) in [5.41, 5.74) is 3.11. The number of benzene rings is 1. The predicted octanol–water partition coefficient (Wildman–Crippen LogP) is 3.26. The number of nitrogens with zero attached hydrogens (tertiary/aromatic N) is 4. The van der Waals surface area contributed by atoms with E-state index in [2.05, 4.69) is 21.4 Å². The molecule has 170 valence electrons. The van der Waals surface area contributed by atoms with Crippen LogP contribution in [-0.4, -0.2) is 64.5 Å². The molecule has 2 aliphatic rings. The Labute approximate surface area is 189 Å². The second-order valence-corrected chi connectivity index (χ2v) is 8.90. The molecule has 1 aromatic heterocycles. The van der Waals surface area contributed by atoms with Crippen molar-refractivity contribution in [3.05, 3.63) is 47.9 Å². The summed E-state index contributed by atoms with van der Waals surface area (Å²) in [7, 11) is 0. The highest BCUT2D eigenvalue weighted by molar-refractivity contribution is 5.90. The number of anilines is 1. The summed E-state index contributed by atoms with van der Waals surface area (Å²) < 4.78 is 5.68. The van der Waals surface area contributed by atoms with Crippen LogP contribution in [0.5, 0.6) is 5.88 Å². The van der Waals surface area contributed by atoms with E-state index in [1.54, 1.807) is 18.6 Å². The Bertz CT molecular complexity index is 944. The number of carbonyl (C=O) groups is 2. The summed E-state index contributed by atoms with van der Waals surface area (Å²) in [4.78, 5) is 37.1. The third-order valence-electron chi connectivity index (χ3n) is 6.30. The third-order valence-corrected chi connectivity index (χ3v) is 6.30. The van der Waals surface area contributed by atoms with Gasteiger partial charge in [-0.05, 0) is 44.2 Å². The highest BCUT2D eigenvalue weighted by Gasteiger charge is 2.33. The summed E-state index contributed by atoms with van der Waals surface area (Å²) in [5, 5.41) is 3.03. The number of aryl methyl sites for hydroxylation is 2. The maximum absolute atomic E-state index is 12.7. The molecule has 2 saturated heterocycles. The van der Waals surface area contributed by atoms with Crippen molar-refractivity contribution in [1.82, 2.24) is 19.8 Å². The van der Waals surface area contributed by atoms with Crippen LogP contribution in [0.25, 0.3) is 0 Å². The smallest absolute Gasteiger partial charge is 0.321 e. The number of aromatic nitrogens is 2. The molecule has 3 heterocycles. The number of rotatable bonds is 6. The molecule has 2 aliphatic heterocycles. The predicted molar refractivity (Wildman–Crippen MR) is 121 cm³/mol. The van der Waals surface area contributed by atoms with E-state index in [-0.39, 0.29) is 17.9 Å². The van der Waals surface area contributed by atoms with Gasteiger partial charge in [-0.3, -0.25) is 9.78 Å². The maximum Gasteiger partial charge on any atom is 0.321 e. The van der Waals surface area contributed by atoms with Gasteiger partial charge in [0.05, 0.1) is 12.8 Å². The molecule has 2 aromatic rings. The van der Waals surface area contributed by atoms with Crippen molar-refractivity contribution in [2.75, 3.05) is 38.1 Å². The van der Waals surface area contributed by atoms with E-state index in [0.717, 1.165) is 30.6 Å². The van der Waals surface area contributed by atoms with Crippen molar-refractivity contribution in [1.29, 1.82) is 0 Å². The van der Waals surface area contributed by atoms with Gasteiger partial charge >= 0.3 is 6.03 Å². The number of hydrogen-bond acceptors (Lipinski definition) is 5. The van der Waals surface area contributed by atoms with Crippen molar-refractivity contribution >= 4 is 17.6 Å². The average molecular weight is 438 g/mol. The molecule has 2 fully saturated rings. The summed E-state index contributed by atoms with van der Waals surface area (Å²) in [6.45, 7) is 7.41. The monoisotopic (exact) mass is 437 g/mol. The zero-order valence-corrected chi connectivity index (χ0v) is 18.8. The van der Waals surface area contributed by atoms with Crippen molar-refractivity contribution in [3.8, 4) is 5.88 Å². The molecule has 1 atom stereocenters. The molecule has 1 N–H and O–H groups in total. The van der Waals surface area contributed by atoms with Crippen LogP contribution in [0.15, 0.2) is 36.8 Å². The minimum atomic E-state index is -0.0473. The lowest BCUT2D eigenvalue weighted by atomic mass is 9.96. The summed E-state index contributed by atoms with van der Waals surface area (Å²) in [6, 6.07) is 5.99. The van der Waals surface area contributed by atoms with Gasteiger partial charge in [0.15, 0.2) is 0 Å². The largest absolute Gasteiger partial charge is 0.476 e. The first-order chi connectivity index (χ1) is 15.5. The summed E-state index contributed by atoms with van der Waals surface area (Å²) >= 11 is 0. The van der Waals surface area contributed by atoms with Gasteiger partial charge in [-0.15, -0.1) is 0 Å². The number of carbonyl (C=O) groups excluding carboxylic acids is 2. The molecule has 8 heteroatoms. The van der Waals surface area contributed by atoms with Crippen LogP contribution in [0, 0.1) is 25.7 Å². The lowest BCUT2D eigenvalue weighted by Gasteiger charge is -2.34. The number of urea groups is 1. The van der Waals surface area contributed by atoms with E-state index < -0.39 is 0 Å². The van der Waals surface area contributed by atoms with Crippen LogP contribution < -0.4 is 10.1 Å². The zero-order valence-electron chi connectivity index (χ0n) is 18.8. The molecule has 32 heavy (non-hydrogen) atoms. The molecule has 3 amide bonds. The molecule has 0 bridgehead atoms. The van der Waals surface area contributed by atoms with Gasteiger partial charge < -0.3 is 19.9 Å². The fourth-order valence-corrected chi connectivity index (χ4v) is 4.48. The number of nitrogens with one attached hydrogen (secondary N) is 1. The van der Waals surface area contributed by atoms with Crippen LogP contribution in [0.4, 0.5) is 10.5 Å². The Morgan fingerprint density at radius 1 is 1.19 bits per heavy atom. The van der Waals surface area contributed by atoms with Crippen LogP contribution in [0.2, 0.25) is 0 Å². The highest BCUT2D eigenvalue weighted by atomic mass is 16.5. The number of amides is 3. The fraction of sp³-hybridized carbons (Fsp3) is 0.500. The zero-order chi connectivity index (χ0) is 22.5. The van der Waals surface area contributed by atoms with Gasteiger partial charge in [-0.2, -0.15) is 0 Å². The molecule has 0 radical (unpaired) electrons. The van der Waals surface area contributed by atoms with Gasteiger partial charge in [-0.25, -0.2) is 9.78 Å². The van der Waals surface area contributed by atoms with Gasteiger partial charge in [0, 0.05) is 56.6 Å². The lowest BCUT2D eigenvalue weighted by Crippen LogP contribution is -2.43. The molecular formula is C24H31N5O3. The Morgan fingerprint density at radius 3 is 2.72 bits per heavy atom. The summed E-state index contributed by atoms with van der Waals surface area (Å²) in [5.74, 6) is 1.27. The second-order valence-electron chi connectivity index (χ2n) is 8.90. The van der Waals surface area contributed by atoms with Gasteiger partial charge in [0.1, 0.15) is 0 Å². The van der Waals surface area contributed by atoms with E-state index in [9.17, 15) is 9.59 Å². The Kier molecular flexibility index (Phi) is 6.87. The van der Waals surface area contributed by atoms with E-state index in [0.29, 0.717) is 44.5 Å².